The largest absolute Gasteiger partial charge is 0.507 e. The molecule has 0 spiro atoms. The number of carbonyl (C=O) groups excluding carboxylic acids is 1. The van der Waals surface area contributed by atoms with Gasteiger partial charge in [0.2, 0.25) is 0 Å². The molecular weight excluding hydrogens is 457 g/mol. The highest BCUT2D eigenvalue weighted by molar-refractivity contribution is 6.34. The van der Waals surface area contributed by atoms with Gasteiger partial charge in [0, 0.05) is 65.0 Å². The standard InChI is InChI=1S/C25H25ClFN5O2/c1-30-10-11-32(25(30)34)22-3-2-16(12-21(22)26)19-14-18(27)15-20(24(19)33)17-4-5-29-23(13-17)31-8-6-28-7-9-31/h2-5,12-15,28,33H,6-11H2,1H3/i1D. The lowest BCUT2D eigenvalue weighted by molar-refractivity contribution is 0.229. The van der Waals surface area contributed by atoms with E-state index in [1.807, 2.05) is 6.07 Å². The summed E-state index contributed by atoms with van der Waals surface area (Å²) >= 11 is 6.52. The molecule has 3 heterocycles. The number of phenols is 1. The van der Waals surface area contributed by atoms with Gasteiger partial charge in [0.05, 0.1) is 10.7 Å². The van der Waals surface area contributed by atoms with Gasteiger partial charge in [-0.3, -0.25) is 4.90 Å². The van der Waals surface area contributed by atoms with Gasteiger partial charge in [0.25, 0.3) is 0 Å². The molecular formula is C25H25ClFN5O2. The van der Waals surface area contributed by atoms with Crippen molar-refractivity contribution in [1.82, 2.24) is 15.2 Å². The van der Waals surface area contributed by atoms with E-state index in [9.17, 15) is 14.3 Å². The minimum absolute atomic E-state index is 0.0645. The van der Waals surface area contributed by atoms with Crippen molar-refractivity contribution in [2.45, 2.75) is 0 Å². The third-order valence-electron chi connectivity index (χ3n) is 6.22. The van der Waals surface area contributed by atoms with Crippen molar-refractivity contribution in [3.8, 4) is 28.0 Å². The molecule has 2 aliphatic rings. The minimum atomic E-state index is -0.491. The lowest BCUT2D eigenvalue weighted by Gasteiger charge is -2.28. The summed E-state index contributed by atoms with van der Waals surface area (Å²) in [6.45, 7) is 4.26. The Morgan fingerprint density at radius 3 is 2.47 bits per heavy atom. The number of aromatic hydroxyl groups is 1. The third-order valence-corrected chi connectivity index (χ3v) is 6.52. The number of rotatable bonds is 4. The maximum atomic E-state index is 14.7. The predicted octanol–water partition coefficient (Wildman–Crippen LogP) is 4.20. The molecule has 1 aromatic heterocycles. The molecule has 3 aromatic rings. The summed E-state index contributed by atoms with van der Waals surface area (Å²) in [5, 5.41) is 14.8. The molecule has 34 heavy (non-hydrogen) atoms. The molecule has 2 N–H and O–H groups in total. The first kappa shape index (κ1) is 21.2. The van der Waals surface area contributed by atoms with E-state index in [0.29, 0.717) is 46.1 Å². The molecule has 0 aliphatic carbocycles. The summed E-state index contributed by atoms with van der Waals surface area (Å²) in [7, 11) is -0.115. The van der Waals surface area contributed by atoms with E-state index in [1.165, 1.54) is 21.9 Å². The Balaban J connectivity index is 1.49. The molecule has 2 aliphatic heterocycles. The number of carbonyl (C=O) groups is 1. The number of nitrogens with zero attached hydrogens (tertiary/aromatic N) is 4. The zero-order valence-corrected chi connectivity index (χ0v) is 19.2. The van der Waals surface area contributed by atoms with E-state index in [1.54, 1.807) is 30.5 Å². The van der Waals surface area contributed by atoms with Crippen LogP contribution < -0.4 is 15.1 Å². The van der Waals surface area contributed by atoms with Crippen LogP contribution in [-0.2, 0) is 0 Å². The van der Waals surface area contributed by atoms with Gasteiger partial charge in [-0.2, -0.15) is 0 Å². The second kappa shape index (κ2) is 9.12. The molecule has 0 saturated carbocycles. The van der Waals surface area contributed by atoms with Gasteiger partial charge in [-0.25, -0.2) is 14.2 Å². The minimum Gasteiger partial charge on any atom is -0.507 e. The quantitative estimate of drug-likeness (QED) is 0.583. The number of likely N-dealkylation sites (N-methyl/N-ethyl adjacent to an activating group) is 1. The Hall–Kier alpha value is -3.36. The number of hydrogen-bond acceptors (Lipinski definition) is 5. The number of amides is 2. The molecule has 0 unspecified atom stereocenters. The van der Waals surface area contributed by atoms with Crippen molar-refractivity contribution in [2.75, 3.05) is 56.1 Å². The second-order valence-corrected chi connectivity index (χ2v) is 8.76. The monoisotopic (exact) mass is 482 g/mol. The Morgan fingerprint density at radius 1 is 1.06 bits per heavy atom. The van der Waals surface area contributed by atoms with Crippen LogP contribution in [0.4, 0.5) is 20.7 Å². The number of halogens is 2. The van der Waals surface area contributed by atoms with Crippen LogP contribution in [0, 0.1) is 5.82 Å². The smallest absolute Gasteiger partial charge is 0.324 e. The molecule has 2 fully saturated rings. The van der Waals surface area contributed by atoms with Gasteiger partial charge in [0.15, 0.2) is 0 Å². The average Bonchev–Trinajstić information content (AvgIpc) is 3.25. The number of piperazine rings is 1. The van der Waals surface area contributed by atoms with Gasteiger partial charge < -0.3 is 20.2 Å². The first-order valence-electron chi connectivity index (χ1n) is 11.8. The summed E-state index contributed by atoms with van der Waals surface area (Å²) < 4.78 is 22.2. The van der Waals surface area contributed by atoms with E-state index >= 15 is 0 Å². The normalized spacial score (nSPS) is 16.8. The fraction of sp³-hybridized carbons (Fsp3) is 0.280. The number of hydrogen-bond donors (Lipinski definition) is 2. The highest BCUT2D eigenvalue weighted by Gasteiger charge is 2.28. The first-order valence-corrected chi connectivity index (χ1v) is 11.4. The number of urea groups is 1. The summed E-state index contributed by atoms with van der Waals surface area (Å²) in [6.07, 6.45) is 1.66. The zero-order valence-electron chi connectivity index (χ0n) is 19.5. The van der Waals surface area contributed by atoms with Crippen molar-refractivity contribution in [3.05, 3.63) is 59.5 Å². The van der Waals surface area contributed by atoms with Gasteiger partial charge in [0.1, 0.15) is 17.4 Å². The Bertz CT molecular complexity index is 1270. The molecule has 0 atom stereocenters. The summed E-state index contributed by atoms with van der Waals surface area (Å²) in [4.78, 5) is 22.0. The van der Waals surface area contributed by atoms with Crippen molar-refractivity contribution in [2.24, 2.45) is 0 Å². The fourth-order valence-electron chi connectivity index (χ4n) is 4.39. The molecule has 2 aromatic carbocycles. The maximum Gasteiger partial charge on any atom is 0.324 e. The fourth-order valence-corrected chi connectivity index (χ4v) is 4.67. The summed E-state index contributed by atoms with van der Waals surface area (Å²) in [5.74, 6) is 0.221. The number of nitrogens with one attached hydrogen (secondary N) is 1. The molecule has 176 valence electrons. The Kier molecular flexibility index (Phi) is 5.68. The van der Waals surface area contributed by atoms with Gasteiger partial charge in [-0.05, 0) is 47.5 Å². The molecule has 7 nitrogen and oxygen atoms in total. The number of pyridine rings is 1. The van der Waals surface area contributed by atoms with E-state index < -0.39 is 5.82 Å². The lowest BCUT2D eigenvalue weighted by Crippen LogP contribution is -2.43. The van der Waals surface area contributed by atoms with Crippen molar-refractivity contribution < 1.29 is 15.7 Å². The highest BCUT2D eigenvalue weighted by atomic mass is 35.5. The van der Waals surface area contributed by atoms with E-state index in [0.717, 1.165) is 32.0 Å². The predicted molar refractivity (Wildman–Crippen MR) is 132 cm³/mol. The van der Waals surface area contributed by atoms with Crippen LogP contribution in [0.5, 0.6) is 5.75 Å². The number of benzene rings is 2. The van der Waals surface area contributed by atoms with Crippen LogP contribution in [-0.4, -0.2) is 67.3 Å². The Labute approximate surface area is 203 Å². The van der Waals surface area contributed by atoms with Crippen LogP contribution in [0.2, 0.25) is 5.02 Å². The van der Waals surface area contributed by atoms with Crippen LogP contribution in [0.1, 0.15) is 1.37 Å². The van der Waals surface area contributed by atoms with E-state index in [-0.39, 0.29) is 18.8 Å². The number of phenolic OH excluding ortho intramolecular Hbond substituents is 1. The first-order chi connectivity index (χ1) is 17.0. The SMILES string of the molecule is [2H]CN1CCN(c2ccc(-c3cc(F)cc(-c4ccnc(N5CCNCC5)c4)c3O)cc2Cl)C1=O. The van der Waals surface area contributed by atoms with Crippen molar-refractivity contribution in [1.29, 1.82) is 0 Å². The van der Waals surface area contributed by atoms with E-state index in [2.05, 4.69) is 15.2 Å². The highest BCUT2D eigenvalue weighted by Crippen LogP contribution is 2.41. The molecule has 0 bridgehead atoms. The number of anilines is 2. The molecule has 9 heteroatoms. The third kappa shape index (κ3) is 4.15. The number of aromatic nitrogens is 1. The molecule has 2 saturated heterocycles. The van der Waals surface area contributed by atoms with Crippen molar-refractivity contribution in [3.63, 3.8) is 0 Å². The van der Waals surface area contributed by atoms with Gasteiger partial charge in [-0.15, -0.1) is 0 Å². The van der Waals surface area contributed by atoms with Crippen molar-refractivity contribution >= 4 is 29.1 Å². The average molecular weight is 483 g/mol. The molecule has 0 radical (unpaired) electrons. The second-order valence-electron chi connectivity index (χ2n) is 8.35. The topological polar surface area (TPSA) is 71.9 Å². The van der Waals surface area contributed by atoms with Crippen LogP contribution in [0.3, 0.4) is 0 Å². The van der Waals surface area contributed by atoms with E-state index in [4.69, 9.17) is 13.0 Å². The van der Waals surface area contributed by atoms with Gasteiger partial charge in [-0.1, -0.05) is 17.7 Å². The molecule has 2 amide bonds. The summed E-state index contributed by atoms with van der Waals surface area (Å²) in [5.41, 5.74) is 2.36. The van der Waals surface area contributed by atoms with Crippen LogP contribution in [0.25, 0.3) is 22.3 Å². The molecule has 5 rings (SSSR count). The van der Waals surface area contributed by atoms with Gasteiger partial charge >= 0.3 is 6.03 Å². The summed E-state index contributed by atoms with van der Waals surface area (Å²) in [6, 6.07) is 10.9. The Morgan fingerprint density at radius 2 is 1.79 bits per heavy atom. The van der Waals surface area contributed by atoms with Crippen LogP contribution >= 0.6 is 11.6 Å². The maximum absolute atomic E-state index is 14.7. The zero-order chi connectivity index (χ0) is 24.5. The lowest BCUT2D eigenvalue weighted by atomic mass is 9.97. The van der Waals surface area contributed by atoms with Crippen LogP contribution in [0.15, 0.2) is 48.7 Å².